The Morgan fingerprint density at radius 2 is 1.06 bits per heavy atom. The zero-order valence-electron chi connectivity index (χ0n) is 24.4. The molecule has 35 heavy (non-hydrogen) atoms. The predicted molar refractivity (Wildman–Crippen MR) is 155 cm³/mol. The summed E-state index contributed by atoms with van der Waals surface area (Å²) in [4.78, 5) is 10.4. The molecular weight excluding hydrogens is 453 g/mol. The van der Waals surface area contributed by atoms with Crippen LogP contribution in [0, 0.1) is 0 Å². The second kappa shape index (κ2) is 23.0. The molecule has 0 amide bonds. The van der Waals surface area contributed by atoms with Crippen molar-refractivity contribution in [3.63, 3.8) is 0 Å². The first-order chi connectivity index (χ1) is 16.8. The summed E-state index contributed by atoms with van der Waals surface area (Å²) in [7, 11) is 2.36. The summed E-state index contributed by atoms with van der Waals surface area (Å²) in [6.07, 6.45) is 31.3. The summed E-state index contributed by atoms with van der Waals surface area (Å²) in [6.45, 7) is 4.73. The van der Waals surface area contributed by atoms with Crippen molar-refractivity contribution < 1.29 is 18.5 Å². The van der Waals surface area contributed by atoms with Crippen LogP contribution >= 0.6 is 7.60 Å². The maximum absolute atomic E-state index is 12.7. The van der Waals surface area contributed by atoms with E-state index in [0.29, 0.717) is 17.5 Å². The van der Waals surface area contributed by atoms with Gasteiger partial charge in [0.2, 0.25) is 0 Å². The van der Waals surface area contributed by atoms with E-state index in [1.807, 2.05) is 21.1 Å². The van der Waals surface area contributed by atoms with Crippen molar-refractivity contribution in [3.05, 3.63) is 12.2 Å². The molecule has 0 saturated carbocycles. The van der Waals surface area contributed by atoms with Crippen LogP contribution in [0.4, 0.5) is 0 Å². The topological polar surface area (TPSA) is 46.5 Å². The van der Waals surface area contributed by atoms with Crippen LogP contribution in [0.25, 0.3) is 0 Å². The fraction of sp³-hybridized carbons (Fsp3) is 0.933. The molecule has 4 nitrogen and oxygen atoms in total. The Labute approximate surface area is 220 Å². The third kappa shape index (κ3) is 21.6. The zero-order valence-corrected chi connectivity index (χ0v) is 25.3. The predicted octanol–water partition coefficient (Wildman–Crippen LogP) is 10.0. The highest BCUT2D eigenvalue weighted by atomic mass is 31.2. The summed E-state index contributed by atoms with van der Waals surface area (Å²) in [5.74, 6) is -0.334. The van der Waals surface area contributed by atoms with Crippen molar-refractivity contribution in [3.8, 4) is 0 Å². The second-order valence-electron chi connectivity index (χ2n) is 11.5. The Morgan fingerprint density at radius 3 is 1.46 bits per heavy atom. The first kappa shape index (κ1) is 34.9. The molecule has 210 valence electrons. The van der Waals surface area contributed by atoms with Crippen molar-refractivity contribution in [2.75, 3.05) is 27.7 Å². The van der Waals surface area contributed by atoms with Crippen molar-refractivity contribution in [2.24, 2.45) is 0 Å². The fourth-order valence-electron chi connectivity index (χ4n) is 4.76. The molecule has 0 spiro atoms. The van der Waals surface area contributed by atoms with Crippen molar-refractivity contribution in [1.82, 2.24) is 0 Å². The van der Waals surface area contributed by atoms with E-state index in [1.165, 1.54) is 109 Å². The van der Waals surface area contributed by atoms with Crippen LogP contribution in [-0.2, 0) is 9.09 Å². The minimum Gasteiger partial charge on any atom is -0.320 e. The smallest absolute Gasteiger partial charge is 0.320 e. The van der Waals surface area contributed by atoms with Gasteiger partial charge in [0.25, 0.3) is 0 Å². The fourth-order valence-corrected chi connectivity index (χ4v) is 6.78. The average Bonchev–Trinajstić information content (AvgIpc) is 2.80. The molecule has 0 aromatic rings. The van der Waals surface area contributed by atoms with Gasteiger partial charge in [0, 0.05) is 6.42 Å². The first-order valence-electron chi connectivity index (χ1n) is 15.2. The molecule has 0 radical (unpaired) electrons. The van der Waals surface area contributed by atoms with Gasteiger partial charge in [0.05, 0.1) is 27.7 Å². The SMILES string of the molecule is CCCCCCC=CCCCCCCCCCCCCCCCOP(=O)(O)C(CCC)[N+](C)(C)C. The van der Waals surface area contributed by atoms with Crippen LogP contribution in [-0.4, -0.2) is 42.9 Å². The van der Waals surface area contributed by atoms with Crippen molar-refractivity contribution in [2.45, 2.75) is 154 Å². The maximum Gasteiger partial charge on any atom is 0.385 e. The van der Waals surface area contributed by atoms with Crippen molar-refractivity contribution in [1.29, 1.82) is 0 Å². The van der Waals surface area contributed by atoms with E-state index in [-0.39, 0.29) is 5.78 Å². The lowest BCUT2D eigenvalue weighted by atomic mass is 10.0. The van der Waals surface area contributed by atoms with Crippen LogP contribution < -0.4 is 0 Å². The Bertz CT molecular complexity index is 530. The normalized spacial score (nSPS) is 15.0. The molecule has 0 fully saturated rings. The molecular formula is C30H63NO3P+. The monoisotopic (exact) mass is 516 g/mol. The van der Waals surface area contributed by atoms with Gasteiger partial charge in [0.15, 0.2) is 5.78 Å². The number of quaternary nitrogens is 1. The van der Waals surface area contributed by atoms with Gasteiger partial charge in [-0.15, -0.1) is 0 Å². The van der Waals surface area contributed by atoms with Crippen LogP contribution in [0.1, 0.15) is 149 Å². The third-order valence-corrected chi connectivity index (χ3v) is 9.26. The number of unbranched alkanes of at least 4 members (excludes halogenated alkanes) is 17. The lowest BCUT2D eigenvalue weighted by Gasteiger charge is -2.35. The van der Waals surface area contributed by atoms with Gasteiger partial charge in [-0.05, 0) is 38.5 Å². The van der Waals surface area contributed by atoms with Gasteiger partial charge < -0.3 is 13.9 Å². The highest BCUT2D eigenvalue weighted by Crippen LogP contribution is 2.51. The van der Waals surface area contributed by atoms with Gasteiger partial charge in [-0.2, -0.15) is 0 Å². The van der Waals surface area contributed by atoms with Gasteiger partial charge in [-0.25, -0.2) is 0 Å². The quantitative estimate of drug-likeness (QED) is 0.0538. The number of rotatable bonds is 26. The molecule has 0 rings (SSSR count). The lowest BCUT2D eigenvalue weighted by molar-refractivity contribution is -0.883. The standard InChI is InChI=1S/C30H62NO3P/c1-6-8-9-10-11-12-13-14-15-16-17-18-19-20-21-22-23-24-25-26-27-29-34-35(32,33)30(28-7-2)31(3,4)5/h12-13,30H,6-11,14-29H2,1-5H3/p+1. The van der Waals surface area contributed by atoms with Gasteiger partial charge in [-0.1, -0.05) is 116 Å². The zero-order chi connectivity index (χ0) is 26.3. The van der Waals surface area contributed by atoms with Gasteiger partial charge in [-0.3, -0.25) is 4.57 Å². The van der Waals surface area contributed by atoms with Crippen molar-refractivity contribution >= 4 is 7.60 Å². The van der Waals surface area contributed by atoms with Crippen LogP contribution in [0.5, 0.6) is 0 Å². The summed E-state index contributed by atoms with van der Waals surface area (Å²) in [5, 5.41) is 0. The molecule has 0 bridgehead atoms. The van der Waals surface area contributed by atoms with Gasteiger partial charge in [0.1, 0.15) is 0 Å². The Morgan fingerprint density at radius 1 is 0.657 bits per heavy atom. The first-order valence-corrected chi connectivity index (χ1v) is 16.8. The Hall–Kier alpha value is -0.150. The van der Waals surface area contributed by atoms with E-state index >= 15 is 0 Å². The highest BCUT2D eigenvalue weighted by molar-refractivity contribution is 7.53. The second-order valence-corrected chi connectivity index (χ2v) is 13.5. The summed E-state index contributed by atoms with van der Waals surface area (Å²) < 4.78 is 18.6. The third-order valence-electron chi connectivity index (χ3n) is 7.00. The molecule has 2 unspecified atom stereocenters. The number of hydrogen-bond acceptors (Lipinski definition) is 2. The Balaban J connectivity index is 3.44. The molecule has 0 saturated heterocycles. The number of nitrogens with zero attached hydrogens (tertiary/aromatic N) is 1. The Kier molecular flexibility index (Phi) is 22.9. The minimum atomic E-state index is -3.57. The number of allylic oxidation sites excluding steroid dienone is 2. The summed E-state index contributed by atoms with van der Waals surface area (Å²) in [5.41, 5.74) is 0. The average molecular weight is 517 g/mol. The maximum atomic E-state index is 12.7. The molecule has 0 heterocycles. The van der Waals surface area contributed by atoms with Crippen LogP contribution in [0.15, 0.2) is 12.2 Å². The molecule has 2 atom stereocenters. The van der Waals surface area contributed by atoms with E-state index in [4.69, 9.17) is 4.52 Å². The molecule has 1 N–H and O–H groups in total. The molecule has 0 aromatic heterocycles. The molecule has 0 aromatic carbocycles. The molecule has 5 heteroatoms. The molecule has 0 aliphatic rings. The van der Waals surface area contributed by atoms with Gasteiger partial charge >= 0.3 is 7.60 Å². The van der Waals surface area contributed by atoms with Crippen LogP contribution in [0.3, 0.4) is 0 Å². The summed E-state index contributed by atoms with van der Waals surface area (Å²) in [6, 6.07) is 0. The highest BCUT2D eigenvalue weighted by Gasteiger charge is 2.41. The van der Waals surface area contributed by atoms with Crippen LogP contribution in [0.2, 0.25) is 0 Å². The summed E-state index contributed by atoms with van der Waals surface area (Å²) >= 11 is 0. The van der Waals surface area contributed by atoms with E-state index in [2.05, 4.69) is 26.0 Å². The largest absolute Gasteiger partial charge is 0.385 e. The minimum absolute atomic E-state index is 0.334. The van der Waals surface area contributed by atoms with E-state index in [1.54, 1.807) is 0 Å². The molecule has 0 aliphatic heterocycles. The van der Waals surface area contributed by atoms with E-state index < -0.39 is 7.60 Å². The lowest BCUT2D eigenvalue weighted by Crippen LogP contribution is -2.45. The van der Waals surface area contributed by atoms with E-state index in [9.17, 15) is 9.46 Å². The molecule has 0 aliphatic carbocycles. The van der Waals surface area contributed by atoms with E-state index in [0.717, 1.165) is 19.3 Å². The number of hydrogen-bond donors (Lipinski definition) is 1.